The number of ketones is 1. The predicted octanol–water partition coefficient (Wildman–Crippen LogP) is 3.65. The van der Waals surface area contributed by atoms with Gasteiger partial charge in [0.25, 0.3) is 0 Å². The maximum atomic E-state index is 12.8. The molecule has 0 amide bonds. The Morgan fingerprint density at radius 1 is 1.21 bits per heavy atom. The standard InChI is InChI=1S/C22H19NO5/c1-13-18(27-12-20(24)26-3)9-8-16-21(25)19(28-22(13)16)10-14-11-23(2)17-7-5-4-6-15(14)17/h4-11H,12H2,1-3H3/b19-10+. The van der Waals surface area contributed by atoms with Crippen molar-refractivity contribution in [2.45, 2.75) is 6.92 Å². The maximum Gasteiger partial charge on any atom is 0.343 e. The minimum Gasteiger partial charge on any atom is -0.481 e. The lowest BCUT2D eigenvalue weighted by Gasteiger charge is -2.10. The van der Waals surface area contributed by atoms with Crippen LogP contribution in [0, 0.1) is 6.92 Å². The van der Waals surface area contributed by atoms with Crippen LogP contribution in [0.1, 0.15) is 21.5 Å². The molecule has 3 aromatic rings. The fraction of sp³-hybridized carbons (Fsp3) is 0.182. The average Bonchev–Trinajstić information content (AvgIpc) is 3.19. The van der Waals surface area contributed by atoms with Crippen LogP contribution in [0.4, 0.5) is 0 Å². The molecular formula is C22H19NO5. The van der Waals surface area contributed by atoms with E-state index < -0.39 is 5.97 Å². The van der Waals surface area contributed by atoms with Gasteiger partial charge >= 0.3 is 5.97 Å². The molecule has 28 heavy (non-hydrogen) atoms. The Labute approximate surface area is 161 Å². The number of benzene rings is 2. The number of carbonyl (C=O) groups excluding carboxylic acids is 2. The third-order valence-corrected chi connectivity index (χ3v) is 4.82. The van der Waals surface area contributed by atoms with Crippen molar-refractivity contribution in [2.75, 3.05) is 13.7 Å². The van der Waals surface area contributed by atoms with Crippen molar-refractivity contribution < 1.29 is 23.8 Å². The number of para-hydroxylation sites is 1. The molecule has 2 heterocycles. The van der Waals surface area contributed by atoms with Crippen LogP contribution in [-0.2, 0) is 16.6 Å². The summed E-state index contributed by atoms with van der Waals surface area (Å²) in [6.07, 6.45) is 3.73. The van der Waals surface area contributed by atoms with Crippen LogP contribution in [0.2, 0.25) is 0 Å². The summed E-state index contributed by atoms with van der Waals surface area (Å²) >= 11 is 0. The molecule has 0 N–H and O–H groups in total. The molecule has 0 spiro atoms. The van der Waals surface area contributed by atoms with Gasteiger partial charge in [0, 0.05) is 35.3 Å². The molecule has 6 heteroatoms. The highest BCUT2D eigenvalue weighted by molar-refractivity contribution is 6.15. The van der Waals surface area contributed by atoms with Crippen LogP contribution in [0.15, 0.2) is 48.4 Å². The lowest BCUT2D eigenvalue weighted by Crippen LogP contribution is -2.13. The molecular weight excluding hydrogens is 358 g/mol. The fourth-order valence-corrected chi connectivity index (χ4v) is 3.35. The summed E-state index contributed by atoms with van der Waals surface area (Å²) < 4.78 is 18.0. The smallest absolute Gasteiger partial charge is 0.343 e. The van der Waals surface area contributed by atoms with E-state index in [0.29, 0.717) is 22.6 Å². The molecule has 142 valence electrons. The van der Waals surface area contributed by atoms with Gasteiger partial charge in [0.05, 0.1) is 12.7 Å². The molecule has 0 radical (unpaired) electrons. The molecule has 1 aromatic heterocycles. The Balaban J connectivity index is 1.68. The normalized spacial score (nSPS) is 14.2. The van der Waals surface area contributed by atoms with E-state index in [0.717, 1.165) is 16.5 Å². The van der Waals surface area contributed by atoms with E-state index in [1.54, 1.807) is 25.1 Å². The van der Waals surface area contributed by atoms with Gasteiger partial charge in [-0.25, -0.2) is 4.79 Å². The molecule has 1 aliphatic rings. The van der Waals surface area contributed by atoms with Crippen molar-refractivity contribution in [3.63, 3.8) is 0 Å². The second-order valence-corrected chi connectivity index (χ2v) is 6.58. The SMILES string of the molecule is COC(=O)COc1ccc2c(c1C)O/C(=C/c1cn(C)c3ccccc13)C2=O. The Morgan fingerprint density at radius 3 is 2.79 bits per heavy atom. The molecule has 0 bridgehead atoms. The van der Waals surface area contributed by atoms with Gasteiger partial charge in [-0.2, -0.15) is 0 Å². The largest absolute Gasteiger partial charge is 0.481 e. The Kier molecular flexibility index (Phi) is 4.39. The molecule has 0 saturated heterocycles. The van der Waals surface area contributed by atoms with Gasteiger partial charge in [0.2, 0.25) is 5.78 Å². The monoisotopic (exact) mass is 377 g/mol. The zero-order valence-corrected chi connectivity index (χ0v) is 15.8. The van der Waals surface area contributed by atoms with Gasteiger partial charge in [0.15, 0.2) is 12.4 Å². The first kappa shape index (κ1) is 17.9. The van der Waals surface area contributed by atoms with Gasteiger partial charge in [-0.1, -0.05) is 18.2 Å². The Hall–Kier alpha value is -3.54. The molecule has 4 rings (SSSR count). The van der Waals surface area contributed by atoms with Crippen LogP contribution < -0.4 is 9.47 Å². The van der Waals surface area contributed by atoms with Crippen LogP contribution in [-0.4, -0.2) is 30.0 Å². The first-order chi connectivity index (χ1) is 13.5. The summed E-state index contributed by atoms with van der Waals surface area (Å²) in [4.78, 5) is 24.1. The lowest BCUT2D eigenvalue weighted by molar-refractivity contribution is -0.142. The molecule has 0 fully saturated rings. The quantitative estimate of drug-likeness (QED) is 0.513. The molecule has 0 unspecified atom stereocenters. The van der Waals surface area contributed by atoms with Crippen molar-refractivity contribution in [2.24, 2.45) is 7.05 Å². The number of carbonyl (C=O) groups is 2. The number of ether oxygens (including phenoxy) is 3. The van der Waals surface area contributed by atoms with E-state index in [9.17, 15) is 9.59 Å². The highest BCUT2D eigenvalue weighted by Crippen LogP contribution is 2.39. The number of allylic oxidation sites excluding steroid dienone is 1. The number of rotatable bonds is 4. The van der Waals surface area contributed by atoms with Crippen LogP contribution in [0.25, 0.3) is 17.0 Å². The van der Waals surface area contributed by atoms with Gasteiger partial charge in [-0.3, -0.25) is 4.79 Å². The number of esters is 1. The summed E-state index contributed by atoms with van der Waals surface area (Å²) in [5, 5.41) is 1.05. The third kappa shape index (κ3) is 2.93. The molecule has 0 saturated carbocycles. The first-order valence-corrected chi connectivity index (χ1v) is 8.81. The minimum absolute atomic E-state index is 0.175. The predicted molar refractivity (Wildman–Crippen MR) is 105 cm³/mol. The lowest BCUT2D eigenvalue weighted by atomic mass is 10.1. The molecule has 0 atom stereocenters. The molecule has 0 aliphatic carbocycles. The second kappa shape index (κ2) is 6.88. The summed E-state index contributed by atoms with van der Waals surface area (Å²) in [7, 11) is 3.26. The fourth-order valence-electron chi connectivity index (χ4n) is 3.35. The van der Waals surface area contributed by atoms with Crippen molar-refractivity contribution >= 4 is 28.7 Å². The van der Waals surface area contributed by atoms with E-state index in [1.807, 2.05) is 42.1 Å². The second-order valence-electron chi connectivity index (χ2n) is 6.58. The van der Waals surface area contributed by atoms with Gasteiger partial charge in [-0.05, 0) is 31.2 Å². The van der Waals surface area contributed by atoms with E-state index in [4.69, 9.17) is 9.47 Å². The average molecular weight is 377 g/mol. The van der Waals surface area contributed by atoms with E-state index >= 15 is 0 Å². The van der Waals surface area contributed by atoms with Crippen LogP contribution in [0.5, 0.6) is 11.5 Å². The van der Waals surface area contributed by atoms with Crippen molar-refractivity contribution in [1.82, 2.24) is 4.57 Å². The number of nitrogens with zero attached hydrogens (tertiary/aromatic N) is 1. The number of fused-ring (bicyclic) bond motifs is 2. The zero-order chi connectivity index (χ0) is 19.8. The van der Waals surface area contributed by atoms with E-state index in [1.165, 1.54) is 7.11 Å². The minimum atomic E-state index is -0.478. The highest BCUT2D eigenvalue weighted by atomic mass is 16.6. The maximum absolute atomic E-state index is 12.8. The van der Waals surface area contributed by atoms with Gasteiger partial charge < -0.3 is 18.8 Å². The van der Waals surface area contributed by atoms with Crippen molar-refractivity contribution in [1.29, 1.82) is 0 Å². The van der Waals surface area contributed by atoms with E-state index in [2.05, 4.69) is 4.74 Å². The highest BCUT2D eigenvalue weighted by Gasteiger charge is 2.30. The third-order valence-electron chi connectivity index (χ3n) is 4.82. The van der Waals surface area contributed by atoms with Crippen LogP contribution in [0.3, 0.4) is 0 Å². The topological polar surface area (TPSA) is 66.8 Å². The van der Waals surface area contributed by atoms with Crippen molar-refractivity contribution in [3.05, 3.63) is 65.0 Å². The Bertz CT molecular complexity index is 1140. The first-order valence-electron chi connectivity index (χ1n) is 8.81. The molecule has 2 aromatic carbocycles. The molecule has 1 aliphatic heterocycles. The van der Waals surface area contributed by atoms with E-state index in [-0.39, 0.29) is 18.1 Å². The number of Topliss-reactive ketones (excluding diaryl/α,β-unsaturated/α-hetero) is 1. The summed E-state index contributed by atoms with van der Waals surface area (Å²) in [5.41, 5.74) is 3.13. The number of hydrogen-bond donors (Lipinski definition) is 0. The summed E-state index contributed by atoms with van der Waals surface area (Å²) in [6, 6.07) is 11.3. The number of methoxy groups -OCH3 is 1. The van der Waals surface area contributed by atoms with Crippen molar-refractivity contribution in [3.8, 4) is 11.5 Å². The zero-order valence-electron chi connectivity index (χ0n) is 15.8. The summed E-state index contributed by atoms with van der Waals surface area (Å²) in [6.45, 7) is 1.59. The van der Waals surface area contributed by atoms with Crippen LogP contribution >= 0.6 is 0 Å². The molecule has 6 nitrogen and oxygen atoms in total. The van der Waals surface area contributed by atoms with Gasteiger partial charge in [0.1, 0.15) is 11.5 Å². The Morgan fingerprint density at radius 2 is 2.00 bits per heavy atom. The number of aryl methyl sites for hydroxylation is 1. The number of aromatic nitrogens is 1. The number of hydrogen-bond acceptors (Lipinski definition) is 5. The van der Waals surface area contributed by atoms with Gasteiger partial charge in [-0.15, -0.1) is 0 Å². The summed E-state index contributed by atoms with van der Waals surface area (Å²) in [5.74, 6) is 0.542.